The molecule has 0 aliphatic rings. The highest BCUT2D eigenvalue weighted by molar-refractivity contribution is 9.10. The molecule has 6 nitrogen and oxygen atoms in total. The first-order valence-electron chi connectivity index (χ1n) is 5.63. The van der Waals surface area contributed by atoms with Crippen LogP contribution < -0.4 is 0 Å². The normalized spacial score (nSPS) is 12.7. The van der Waals surface area contributed by atoms with Gasteiger partial charge in [-0.25, -0.2) is 8.42 Å². The Bertz CT molecular complexity index is 735. The summed E-state index contributed by atoms with van der Waals surface area (Å²) >= 11 is 3.29. The maximum absolute atomic E-state index is 11.6. The second kappa shape index (κ2) is 5.09. The van der Waals surface area contributed by atoms with Crippen molar-refractivity contribution >= 4 is 35.7 Å². The zero-order chi connectivity index (χ0) is 15.1. The van der Waals surface area contributed by atoms with E-state index >= 15 is 0 Å². The fourth-order valence-electron chi connectivity index (χ4n) is 1.71. The van der Waals surface area contributed by atoms with Crippen molar-refractivity contribution < 1.29 is 8.42 Å². The molecular formula is C11H12BrClN4O2S. The van der Waals surface area contributed by atoms with Crippen molar-refractivity contribution in [1.82, 2.24) is 19.7 Å². The first-order valence-corrected chi connectivity index (χ1v) is 8.73. The van der Waals surface area contributed by atoms with Crippen LogP contribution in [0.2, 0.25) is 0 Å². The summed E-state index contributed by atoms with van der Waals surface area (Å²) in [6.45, 7) is 5.51. The van der Waals surface area contributed by atoms with Crippen molar-refractivity contribution in [2.24, 2.45) is 0 Å². The minimum atomic E-state index is -3.99. The lowest BCUT2D eigenvalue weighted by atomic mass is 10.1. The maximum atomic E-state index is 11.6. The van der Waals surface area contributed by atoms with E-state index in [1.165, 1.54) is 4.57 Å². The number of pyridine rings is 1. The highest BCUT2D eigenvalue weighted by atomic mass is 79.9. The molecular weight excluding hydrogens is 368 g/mol. The largest absolute Gasteiger partial charge is 0.296 e. The number of rotatable bonds is 2. The minimum absolute atomic E-state index is 0.286. The van der Waals surface area contributed by atoms with E-state index in [1.54, 1.807) is 18.3 Å². The third-order valence-corrected chi connectivity index (χ3v) is 4.06. The summed E-state index contributed by atoms with van der Waals surface area (Å²) < 4.78 is 25.5. The summed E-state index contributed by atoms with van der Waals surface area (Å²) in [6.07, 6.45) is 1.60. The molecule has 2 aromatic heterocycles. The summed E-state index contributed by atoms with van der Waals surface area (Å²) in [5.41, 5.74) is -0.0487. The maximum Gasteiger partial charge on any atom is 0.296 e. The molecule has 0 atom stereocenters. The Hall–Kier alpha value is -0.990. The minimum Gasteiger partial charge on any atom is -0.290 e. The van der Waals surface area contributed by atoms with Gasteiger partial charge in [0.1, 0.15) is 5.69 Å². The van der Waals surface area contributed by atoms with Crippen molar-refractivity contribution in [3.63, 3.8) is 0 Å². The van der Waals surface area contributed by atoms with Gasteiger partial charge in [0, 0.05) is 26.9 Å². The average molecular weight is 380 g/mol. The zero-order valence-electron chi connectivity index (χ0n) is 11.0. The van der Waals surface area contributed by atoms with Crippen LogP contribution in [0, 0.1) is 0 Å². The van der Waals surface area contributed by atoms with Crippen LogP contribution in [0.1, 0.15) is 20.8 Å². The van der Waals surface area contributed by atoms with Crippen molar-refractivity contribution in [2.75, 3.05) is 0 Å². The van der Waals surface area contributed by atoms with E-state index in [-0.39, 0.29) is 5.16 Å². The van der Waals surface area contributed by atoms with Crippen LogP contribution in [0.5, 0.6) is 0 Å². The highest BCUT2D eigenvalue weighted by Gasteiger charge is 2.30. The van der Waals surface area contributed by atoms with Gasteiger partial charge in [-0.05, 0) is 48.8 Å². The van der Waals surface area contributed by atoms with Crippen LogP contribution >= 0.6 is 26.6 Å². The lowest BCUT2D eigenvalue weighted by Crippen LogP contribution is -2.26. The summed E-state index contributed by atoms with van der Waals surface area (Å²) in [5, 5.41) is 7.33. The summed E-state index contributed by atoms with van der Waals surface area (Å²) in [7, 11) is 1.43. The van der Waals surface area contributed by atoms with E-state index in [0.717, 1.165) is 4.47 Å². The van der Waals surface area contributed by atoms with Crippen LogP contribution in [0.4, 0.5) is 0 Å². The number of aromatic nitrogens is 4. The van der Waals surface area contributed by atoms with E-state index in [0.29, 0.717) is 11.5 Å². The second-order valence-corrected chi connectivity index (χ2v) is 8.49. The number of halogens is 2. The SMILES string of the molecule is CC(C)(C)n1c(-c2ccc(Br)cn2)nnc1S(=O)(=O)Cl. The van der Waals surface area contributed by atoms with Gasteiger partial charge < -0.3 is 0 Å². The third kappa shape index (κ3) is 3.02. The Morgan fingerprint density at radius 2 is 1.90 bits per heavy atom. The molecule has 0 amide bonds. The van der Waals surface area contributed by atoms with E-state index < -0.39 is 14.6 Å². The van der Waals surface area contributed by atoms with Crippen LogP contribution in [0.3, 0.4) is 0 Å². The van der Waals surface area contributed by atoms with Crippen LogP contribution in [0.15, 0.2) is 28.0 Å². The lowest BCUT2D eigenvalue weighted by molar-refractivity contribution is 0.367. The van der Waals surface area contributed by atoms with Gasteiger partial charge in [0.25, 0.3) is 14.2 Å². The first-order chi connectivity index (χ1) is 9.10. The van der Waals surface area contributed by atoms with Gasteiger partial charge in [-0.3, -0.25) is 9.55 Å². The average Bonchev–Trinajstić information content (AvgIpc) is 2.73. The Morgan fingerprint density at radius 3 is 2.35 bits per heavy atom. The van der Waals surface area contributed by atoms with Crippen molar-refractivity contribution in [1.29, 1.82) is 0 Å². The molecule has 0 fully saturated rings. The molecule has 0 saturated heterocycles. The van der Waals surface area contributed by atoms with Gasteiger partial charge in [0.05, 0.1) is 0 Å². The van der Waals surface area contributed by atoms with E-state index in [4.69, 9.17) is 10.7 Å². The molecule has 0 radical (unpaired) electrons. The van der Waals surface area contributed by atoms with Crippen molar-refractivity contribution in [3.8, 4) is 11.5 Å². The molecule has 20 heavy (non-hydrogen) atoms. The summed E-state index contributed by atoms with van der Waals surface area (Å²) in [4.78, 5) is 4.21. The van der Waals surface area contributed by atoms with Gasteiger partial charge >= 0.3 is 0 Å². The number of nitrogens with zero attached hydrogens (tertiary/aromatic N) is 4. The molecule has 2 rings (SSSR count). The monoisotopic (exact) mass is 378 g/mol. The Kier molecular flexibility index (Phi) is 3.92. The topological polar surface area (TPSA) is 77.7 Å². The predicted octanol–water partition coefficient (Wildman–Crippen LogP) is 2.79. The van der Waals surface area contributed by atoms with Crippen LogP contribution in [-0.2, 0) is 14.6 Å². The molecule has 2 aromatic rings. The summed E-state index contributed by atoms with van der Waals surface area (Å²) in [5.74, 6) is 0.351. The van der Waals surface area contributed by atoms with E-state index in [1.807, 2.05) is 20.8 Å². The molecule has 0 saturated carbocycles. The molecule has 108 valence electrons. The van der Waals surface area contributed by atoms with Gasteiger partial charge in [-0.1, -0.05) is 0 Å². The molecule has 0 spiro atoms. The quantitative estimate of drug-likeness (QED) is 0.750. The van der Waals surface area contributed by atoms with Gasteiger partial charge in [0.15, 0.2) is 5.82 Å². The highest BCUT2D eigenvalue weighted by Crippen LogP contribution is 2.28. The Labute approximate surface area is 129 Å². The Balaban J connectivity index is 2.72. The van der Waals surface area contributed by atoms with Crippen LogP contribution in [0.25, 0.3) is 11.5 Å². The smallest absolute Gasteiger partial charge is 0.290 e. The molecule has 0 N–H and O–H groups in total. The first kappa shape index (κ1) is 15.4. The summed E-state index contributed by atoms with van der Waals surface area (Å²) in [6, 6.07) is 3.51. The van der Waals surface area contributed by atoms with Gasteiger partial charge in [0.2, 0.25) is 0 Å². The molecule has 0 aliphatic carbocycles. The van der Waals surface area contributed by atoms with Crippen molar-refractivity contribution in [2.45, 2.75) is 31.5 Å². The van der Waals surface area contributed by atoms with E-state index in [9.17, 15) is 8.42 Å². The molecule has 0 aromatic carbocycles. The lowest BCUT2D eigenvalue weighted by Gasteiger charge is -2.23. The molecule has 0 aliphatic heterocycles. The van der Waals surface area contributed by atoms with Gasteiger partial charge in [-0.2, -0.15) is 0 Å². The third-order valence-electron chi connectivity index (χ3n) is 2.48. The Morgan fingerprint density at radius 1 is 1.25 bits per heavy atom. The molecule has 0 bridgehead atoms. The standard InChI is InChI=1S/C11H12BrClN4O2S/c1-11(2,3)17-9(8-5-4-7(12)6-14-8)15-16-10(17)20(13,18)19/h4-6H,1-3H3. The fraction of sp³-hybridized carbons (Fsp3) is 0.364. The molecule has 2 heterocycles. The van der Waals surface area contributed by atoms with Gasteiger partial charge in [-0.15, -0.1) is 10.2 Å². The zero-order valence-corrected chi connectivity index (χ0v) is 14.2. The predicted molar refractivity (Wildman–Crippen MR) is 79.0 cm³/mol. The fourth-order valence-corrected chi connectivity index (χ4v) is 2.96. The second-order valence-electron chi connectivity index (χ2n) is 5.11. The molecule has 9 heteroatoms. The van der Waals surface area contributed by atoms with E-state index in [2.05, 4.69) is 31.1 Å². The number of hydrogen-bond acceptors (Lipinski definition) is 5. The van der Waals surface area contributed by atoms with Crippen molar-refractivity contribution in [3.05, 3.63) is 22.8 Å². The van der Waals surface area contributed by atoms with Crippen LogP contribution in [-0.4, -0.2) is 28.2 Å². The number of hydrogen-bond donors (Lipinski definition) is 0. The molecule has 0 unspecified atom stereocenters.